The van der Waals surface area contributed by atoms with Gasteiger partial charge < -0.3 is 11.1 Å². The second kappa shape index (κ2) is 4.86. The molecule has 0 aliphatic heterocycles. The molecule has 0 aliphatic rings. The molecule has 7 heteroatoms. The van der Waals surface area contributed by atoms with Gasteiger partial charge in [-0.25, -0.2) is 4.98 Å². The molecule has 1 amide bonds. The fourth-order valence-electron chi connectivity index (χ4n) is 2.09. The Kier molecular flexibility index (Phi) is 3.02. The number of primary amides is 1. The van der Waals surface area contributed by atoms with Crippen molar-refractivity contribution in [3.05, 3.63) is 48.0 Å². The van der Waals surface area contributed by atoms with Gasteiger partial charge in [0.1, 0.15) is 5.82 Å². The number of carbonyl (C=O) groups is 1. The molecule has 6 nitrogen and oxygen atoms in total. The van der Waals surface area contributed by atoms with Crippen LogP contribution in [0.5, 0.6) is 0 Å². The molecule has 0 fully saturated rings. The number of fused-ring (bicyclic) bond motifs is 1. The fourth-order valence-corrected chi connectivity index (χ4v) is 2.09. The van der Waals surface area contributed by atoms with Crippen molar-refractivity contribution in [2.45, 2.75) is 0 Å². The largest absolute Gasteiger partial charge is 0.365 e. The van der Waals surface area contributed by atoms with Crippen molar-refractivity contribution in [2.24, 2.45) is 12.8 Å². The molecule has 3 rings (SSSR count). The number of hydrogen-bond donors (Lipinski definition) is 2. The second-order valence-electron chi connectivity index (χ2n) is 4.56. The Morgan fingerprint density at radius 1 is 1.33 bits per heavy atom. The molecule has 3 N–H and O–H groups in total. The van der Waals surface area contributed by atoms with E-state index in [9.17, 15) is 9.18 Å². The van der Waals surface area contributed by atoms with Crippen LogP contribution in [-0.4, -0.2) is 20.7 Å². The van der Waals surface area contributed by atoms with Gasteiger partial charge in [-0.05, 0) is 30.3 Å². The number of pyridine rings is 1. The van der Waals surface area contributed by atoms with Crippen LogP contribution in [0.1, 0.15) is 10.4 Å². The molecule has 0 atom stereocenters. The number of hydrogen-bond acceptors (Lipinski definition) is 4. The number of amides is 1. The SMILES string of the molecule is Cn1ncc2ccc(Nc3nc(F)ccc3C(N)=O)cc21. The minimum atomic E-state index is -0.691. The van der Waals surface area contributed by atoms with E-state index < -0.39 is 11.9 Å². The Morgan fingerprint density at radius 3 is 2.90 bits per heavy atom. The van der Waals surface area contributed by atoms with E-state index in [4.69, 9.17) is 5.73 Å². The minimum Gasteiger partial charge on any atom is -0.365 e. The van der Waals surface area contributed by atoms with Crippen molar-refractivity contribution < 1.29 is 9.18 Å². The number of nitrogens with one attached hydrogen (secondary N) is 1. The summed E-state index contributed by atoms with van der Waals surface area (Å²) in [6.45, 7) is 0. The summed E-state index contributed by atoms with van der Waals surface area (Å²) in [6, 6.07) is 7.89. The Balaban J connectivity index is 2.03. The molecule has 2 heterocycles. The monoisotopic (exact) mass is 285 g/mol. The zero-order chi connectivity index (χ0) is 15.0. The summed E-state index contributed by atoms with van der Waals surface area (Å²) in [5.41, 5.74) is 6.95. The Bertz CT molecular complexity index is 842. The van der Waals surface area contributed by atoms with Crippen molar-refractivity contribution in [3.63, 3.8) is 0 Å². The van der Waals surface area contributed by atoms with Crippen LogP contribution >= 0.6 is 0 Å². The van der Waals surface area contributed by atoms with Gasteiger partial charge in [-0.3, -0.25) is 9.48 Å². The molecule has 21 heavy (non-hydrogen) atoms. The lowest BCUT2D eigenvalue weighted by atomic mass is 10.2. The van der Waals surface area contributed by atoms with E-state index in [1.54, 1.807) is 16.9 Å². The van der Waals surface area contributed by atoms with Crippen LogP contribution in [0.2, 0.25) is 0 Å². The predicted molar refractivity (Wildman–Crippen MR) is 76.7 cm³/mol. The number of anilines is 2. The van der Waals surface area contributed by atoms with Gasteiger partial charge in [-0.15, -0.1) is 0 Å². The van der Waals surface area contributed by atoms with Crippen LogP contribution in [0.15, 0.2) is 36.5 Å². The maximum Gasteiger partial charge on any atom is 0.252 e. The molecule has 106 valence electrons. The lowest BCUT2D eigenvalue weighted by Crippen LogP contribution is -2.14. The predicted octanol–water partition coefficient (Wildman–Crippen LogP) is 1.95. The van der Waals surface area contributed by atoms with E-state index >= 15 is 0 Å². The zero-order valence-electron chi connectivity index (χ0n) is 11.2. The van der Waals surface area contributed by atoms with Gasteiger partial charge in [0.15, 0.2) is 0 Å². The van der Waals surface area contributed by atoms with Crippen LogP contribution in [0.3, 0.4) is 0 Å². The molecular formula is C14H12FN5O. The van der Waals surface area contributed by atoms with Crippen molar-refractivity contribution >= 4 is 28.3 Å². The minimum absolute atomic E-state index is 0.0871. The number of nitrogens with zero attached hydrogens (tertiary/aromatic N) is 3. The average Bonchev–Trinajstić information content (AvgIpc) is 2.80. The van der Waals surface area contributed by atoms with Gasteiger partial charge in [0.2, 0.25) is 5.95 Å². The van der Waals surface area contributed by atoms with Crippen LogP contribution < -0.4 is 11.1 Å². The van der Waals surface area contributed by atoms with Crippen LogP contribution in [-0.2, 0) is 7.05 Å². The molecular weight excluding hydrogens is 273 g/mol. The van der Waals surface area contributed by atoms with E-state index in [1.165, 1.54) is 6.07 Å². The smallest absolute Gasteiger partial charge is 0.252 e. The summed E-state index contributed by atoms with van der Waals surface area (Å²) in [5.74, 6) is -1.28. The first-order valence-electron chi connectivity index (χ1n) is 6.20. The molecule has 3 aromatic rings. The van der Waals surface area contributed by atoms with Gasteiger partial charge in [-0.2, -0.15) is 9.49 Å². The topological polar surface area (TPSA) is 85.8 Å². The Morgan fingerprint density at radius 2 is 2.14 bits per heavy atom. The zero-order valence-corrected chi connectivity index (χ0v) is 11.2. The van der Waals surface area contributed by atoms with Crippen molar-refractivity contribution in [1.29, 1.82) is 0 Å². The molecule has 0 radical (unpaired) electrons. The quantitative estimate of drug-likeness (QED) is 0.720. The average molecular weight is 285 g/mol. The molecule has 2 aromatic heterocycles. The first kappa shape index (κ1) is 13.0. The van der Waals surface area contributed by atoms with Crippen LogP contribution in [0.25, 0.3) is 10.9 Å². The standard InChI is InChI=1S/C14H12FN5O/c1-20-11-6-9(3-2-8(11)7-17-20)18-14-10(13(16)21)4-5-12(15)19-14/h2-7H,1H3,(H2,16,21)(H,18,19). The molecule has 0 saturated heterocycles. The second-order valence-corrected chi connectivity index (χ2v) is 4.56. The molecule has 0 aliphatic carbocycles. The normalized spacial score (nSPS) is 10.8. The lowest BCUT2D eigenvalue weighted by Gasteiger charge is -2.09. The number of carbonyl (C=O) groups excluding carboxylic acids is 1. The van der Waals surface area contributed by atoms with Crippen molar-refractivity contribution in [3.8, 4) is 0 Å². The first-order chi connectivity index (χ1) is 10.0. The third-order valence-electron chi connectivity index (χ3n) is 3.14. The summed E-state index contributed by atoms with van der Waals surface area (Å²) in [6.07, 6.45) is 1.74. The fraction of sp³-hybridized carbons (Fsp3) is 0.0714. The molecule has 1 aromatic carbocycles. The molecule has 0 unspecified atom stereocenters. The van der Waals surface area contributed by atoms with Crippen molar-refractivity contribution in [1.82, 2.24) is 14.8 Å². The van der Waals surface area contributed by atoms with E-state index in [-0.39, 0.29) is 11.4 Å². The highest BCUT2D eigenvalue weighted by Crippen LogP contribution is 2.23. The molecule has 0 spiro atoms. The maximum atomic E-state index is 13.3. The third-order valence-corrected chi connectivity index (χ3v) is 3.14. The van der Waals surface area contributed by atoms with Gasteiger partial charge in [0.25, 0.3) is 5.91 Å². The maximum absolute atomic E-state index is 13.3. The van der Waals surface area contributed by atoms with E-state index in [0.717, 1.165) is 17.0 Å². The summed E-state index contributed by atoms with van der Waals surface area (Å²) >= 11 is 0. The van der Waals surface area contributed by atoms with Gasteiger partial charge >= 0.3 is 0 Å². The highest BCUT2D eigenvalue weighted by Gasteiger charge is 2.11. The Hall–Kier alpha value is -2.96. The van der Waals surface area contributed by atoms with E-state index in [1.807, 2.05) is 19.2 Å². The lowest BCUT2D eigenvalue weighted by molar-refractivity contribution is 0.100. The number of halogens is 1. The molecule has 0 bridgehead atoms. The van der Waals surface area contributed by atoms with E-state index in [0.29, 0.717) is 5.69 Å². The van der Waals surface area contributed by atoms with E-state index in [2.05, 4.69) is 15.4 Å². The Labute approximate surface area is 119 Å². The number of aryl methyl sites for hydroxylation is 1. The summed E-state index contributed by atoms with van der Waals surface area (Å²) in [5, 5.41) is 8.03. The summed E-state index contributed by atoms with van der Waals surface area (Å²) < 4.78 is 15.0. The third kappa shape index (κ3) is 2.40. The van der Waals surface area contributed by atoms with Crippen LogP contribution in [0.4, 0.5) is 15.9 Å². The number of nitrogens with two attached hydrogens (primary N) is 1. The molecule has 0 saturated carbocycles. The number of rotatable bonds is 3. The van der Waals surface area contributed by atoms with Crippen molar-refractivity contribution in [2.75, 3.05) is 5.32 Å². The van der Waals surface area contributed by atoms with Gasteiger partial charge in [0.05, 0.1) is 17.3 Å². The van der Waals surface area contributed by atoms with Crippen LogP contribution in [0, 0.1) is 5.95 Å². The summed E-state index contributed by atoms with van der Waals surface area (Å²) in [4.78, 5) is 15.0. The summed E-state index contributed by atoms with van der Waals surface area (Å²) in [7, 11) is 1.82. The first-order valence-corrected chi connectivity index (χ1v) is 6.20. The number of aromatic nitrogens is 3. The highest BCUT2D eigenvalue weighted by molar-refractivity contribution is 5.98. The van der Waals surface area contributed by atoms with Gasteiger partial charge in [-0.1, -0.05) is 0 Å². The number of benzene rings is 1. The van der Waals surface area contributed by atoms with Gasteiger partial charge in [0, 0.05) is 18.1 Å². The highest BCUT2D eigenvalue weighted by atomic mass is 19.1.